The van der Waals surface area contributed by atoms with Crippen molar-refractivity contribution in [2.24, 2.45) is 0 Å². The first-order valence-electron chi connectivity index (χ1n) is 7.47. The van der Waals surface area contributed by atoms with E-state index in [4.69, 9.17) is 5.11 Å². The number of nitro groups is 1. The standard InChI is InChI=1S/C15H25N3O3/c1-3-5-9-17(10-11-19)12-13-7-6-8-14(18(20)21)15(13)16-4-2/h6-8,16,19H,3-5,9-12H2,1-2H3. The van der Waals surface area contributed by atoms with Gasteiger partial charge in [0, 0.05) is 25.7 Å². The Hall–Kier alpha value is -1.66. The highest BCUT2D eigenvalue weighted by Crippen LogP contribution is 2.29. The van der Waals surface area contributed by atoms with Crippen LogP contribution < -0.4 is 5.32 Å². The molecule has 0 radical (unpaired) electrons. The largest absolute Gasteiger partial charge is 0.395 e. The predicted molar refractivity (Wildman–Crippen MR) is 84.5 cm³/mol. The van der Waals surface area contributed by atoms with Crippen LogP contribution in [0.3, 0.4) is 0 Å². The zero-order chi connectivity index (χ0) is 15.7. The first kappa shape index (κ1) is 17.4. The van der Waals surface area contributed by atoms with Crippen LogP contribution in [0.25, 0.3) is 0 Å². The minimum Gasteiger partial charge on any atom is -0.395 e. The van der Waals surface area contributed by atoms with E-state index < -0.39 is 0 Å². The highest BCUT2D eigenvalue weighted by Gasteiger charge is 2.18. The monoisotopic (exact) mass is 295 g/mol. The summed E-state index contributed by atoms with van der Waals surface area (Å²) in [6.07, 6.45) is 2.13. The molecule has 0 aliphatic rings. The summed E-state index contributed by atoms with van der Waals surface area (Å²) in [5.41, 5.74) is 1.59. The molecule has 21 heavy (non-hydrogen) atoms. The number of rotatable bonds is 10. The molecule has 0 spiro atoms. The molecule has 6 nitrogen and oxygen atoms in total. The molecule has 0 atom stereocenters. The highest BCUT2D eigenvalue weighted by molar-refractivity contribution is 5.66. The van der Waals surface area contributed by atoms with Gasteiger partial charge in [0.25, 0.3) is 5.69 Å². The second-order valence-corrected chi connectivity index (χ2v) is 4.95. The maximum absolute atomic E-state index is 11.1. The number of para-hydroxylation sites is 1. The highest BCUT2D eigenvalue weighted by atomic mass is 16.6. The molecule has 6 heteroatoms. The van der Waals surface area contributed by atoms with Gasteiger partial charge in [-0.2, -0.15) is 0 Å². The topological polar surface area (TPSA) is 78.6 Å². The van der Waals surface area contributed by atoms with Crippen LogP contribution in [0.5, 0.6) is 0 Å². The second-order valence-electron chi connectivity index (χ2n) is 4.95. The van der Waals surface area contributed by atoms with Gasteiger partial charge in [-0.25, -0.2) is 0 Å². The Morgan fingerprint density at radius 2 is 2.10 bits per heavy atom. The Morgan fingerprint density at radius 3 is 2.67 bits per heavy atom. The second kappa shape index (κ2) is 9.31. The van der Waals surface area contributed by atoms with Gasteiger partial charge in [-0.1, -0.05) is 25.5 Å². The number of nitro benzene ring substituents is 1. The lowest BCUT2D eigenvalue weighted by molar-refractivity contribution is -0.384. The molecule has 0 aliphatic carbocycles. The van der Waals surface area contributed by atoms with Crippen LogP contribution in [0.2, 0.25) is 0 Å². The molecule has 1 aromatic carbocycles. The van der Waals surface area contributed by atoms with Gasteiger partial charge < -0.3 is 10.4 Å². The number of unbranched alkanes of at least 4 members (excludes halogenated alkanes) is 1. The number of benzene rings is 1. The average Bonchev–Trinajstić information content (AvgIpc) is 2.46. The number of aliphatic hydroxyl groups is 1. The van der Waals surface area contributed by atoms with Gasteiger partial charge in [-0.3, -0.25) is 15.0 Å². The Kier molecular flexibility index (Phi) is 7.71. The zero-order valence-electron chi connectivity index (χ0n) is 12.8. The third-order valence-corrected chi connectivity index (χ3v) is 3.32. The molecule has 0 saturated heterocycles. The van der Waals surface area contributed by atoms with Crippen molar-refractivity contribution in [3.05, 3.63) is 33.9 Å². The summed E-state index contributed by atoms with van der Waals surface area (Å²) in [4.78, 5) is 12.9. The van der Waals surface area contributed by atoms with E-state index in [0.29, 0.717) is 25.3 Å². The molecular weight excluding hydrogens is 270 g/mol. The van der Waals surface area contributed by atoms with Gasteiger partial charge in [-0.15, -0.1) is 0 Å². The molecule has 0 heterocycles. The SMILES string of the molecule is CCCCN(CCO)Cc1cccc([N+](=O)[O-])c1NCC. The van der Waals surface area contributed by atoms with Crippen molar-refractivity contribution < 1.29 is 10.0 Å². The Morgan fingerprint density at radius 1 is 1.33 bits per heavy atom. The number of nitrogens with one attached hydrogen (secondary N) is 1. The fraction of sp³-hybridized carbons (Fsp3) is 0.600. The van der Waals surface area contributed by atoms with E-state index in [-0.39, 0.29) is 17.2 Å². The number of nitrogens with zero attached hydrogens (tertiary/aromatic N) is 2. The molecular formula is C15H25N3O3. The van der Waals surface area contributed by atoms with Crippen molar-refractivity contribution in [1.82, 2.24) is 4.90 Å². The average molecular weight is 295 g/mol. The molecule has 0 bridgehead atoms. The molecule has 118 valence electrons. The van der Waals surface area contributed by atoms with E-state index in [1.165, 1.54) is 6.07 Å². The van der Waals surface area contributed by atoms with E-state index >= 15 is 0 Å². The normalized spacial score (nSPS) is 10.9. The van der Waals surface area contributed by atoms with E-state index in [2.05, 4.69) is 17.1 Å². The molecule has 0 aromatic heterocycles. The minimum absolute atomic E-state index is 0.0924. The lowest BCUT2D eigenvalue weighted by Crippen LogP contribution is -2.28. The minimum atomic E-state index is -0.357. The lowest BCUT2D eigenvalue weighted by atomic mass is 10.1. The van der Waals surface area contributed by atoms with Gasteiger partial charge in [0.15, 0.2) is 0 Å². The van der Waals surface area contributed by atoms with Crippen LogP contribution in [-0.2, 0) is 6.54 Å². The van der Waals surface area contributed by atoms with Gasteiger partial charge >= 0.3 is 0 Å². The van der Waals surface area contributed by atoms with E-state index in [1.807, 2.05) is 13.0 Å². The summed E-state index contributed by atoms with van der Waals surface area (Å²) >= 11 is 0. The smallest absolute Gasteiger partial charge is 0.292 e. The lowest BCUT2D eigenvalue weighted by Gasteiger charge is -2.22. The maximum Gasteiger partial charge on any atom is 0.292 e. The van der Waals surface area contributed by atoms with Crippen LogP contribution >= 0.6 is 0 Å². The fourth-order valence-corrected chi connectivity index (χ4v) is 2.29. The van der Waals surface area contributed by atoms with Crippen LogP contribution in [0.15, 0.2) is 18.2 Å². The zero-order valence-corrected chi connectivity index (χ0v) is 12.8. The summed E-state index contributed by atoms with van der Waals surface area (Å²) in [7, 11) is 0. The number of anilines is 1. The third-order valence-electron chi connectivity index (χ3n) is 3.32. The van der Waals surface area contributed by atoms with E-state index in [9.17, 15) is 10.1 Å². The number of hydrogen-bond donors (Lipinski definition) is 2. The number of hydrogen-bond acceptors (Lipinski definition) is 5. The number of aliphatic hydroxyl groups excluding tert-OH is 1. The Labute approximate surface area is 125 Å². The third kappa shape index (κ3) is 5.32. The van der Waals surface area contributed by atoms with Crippen LogP contribution in [0, 0.1) is 10.1 Å². The summed E-state index contributed by atoms with van der Waals surface area (Å²) in [6, 6.07) is 5.14. The van der Waals surface area contributed by atoms with Crippen LogP contribution in [0.1, 0.15) is 32.3 Å². The van der Waals surface area contributed by atoms with Crippen molar-refractivity contribution in [3.8, 4) is 0 Å². The first-order chi connectivity index (χ1) is 10.1. The molecule has 0 saturated carbocycles. The summed E-state index contributed by atoms with van der Waals surface area (Å²) in [5, 5.41) is 23.4. The molecule has 1 aromatic rings. The molecule has 0 amide bonds. The molecule has 1 rings (SSSR count). The summed E-state index contributed by atoms with van der Waals surface area (Å²) < 4.78 is 0. The van der Waals surface area contributed by atoms with Crippen molar-refractivity contribution in [1.29, 1.82) is 0 Å². The summed E-state index contributed by atoms with van der Waals surface area (Å²) in [5.74, 6) is 0. The molecule has 0 fully saturated rings. The first-order valence-corrected chi connectivity index (χ1v) is 7.47. The Balaban J connectivity index is 2.98. The van der Waals surface area contributed by atoms with Crippen molar-refractivity contribution in [2.75, 3.05) is 31.6 Å². The predicted octanol–water partition coefficient (Wildman–Crippen LogP) is 2.62. The van der Waals surface area contributed by atoms with Crippen molar-refractivity contribution in [2.45, 2.75) is 33.2 Å². The van der Waals surface area contributed by atoms with Gasteiger partial charge in [0.2, 0.25) is 0 Å². The summed E-state index contributed by atoms with van der Waals surface area (Å²) in [6.45, 7) is 6.82. The maximum atomic E-state index is 11.1. The van der Waals surface area contributed by atoms with Crippen LogP contribution in [0.4, 0.5) is 11.4 Å². The van der Waals surface area contributed by atoms with Crippen LogP contribution in [-0.4, -0.2) is 41.2 Å². The van der Waals surface area contributed by atoms with Gasteiger partial charge in [0.05, 0.1) is 11.5 Å². The van der Waals surface area contributed by atoms with Crippen molar-refractivity contribution >= 4 is 11.4 Å². The van der Waals surface area contributed by atoms with Crippen molar-refractivity contribution in [3.63, 3.8) is 0 Å². The fourth-order valence-electron chi connectivity index (χ4n) is 2.29. The molecule has 2 N–H and O–H groups in total. The van der Waals surface area contributed by atoms with Gasteiger partial charge in [-0.05, 0) is 25.5 Å². The van der Waals surface area contributed by atoms with E-state index in [0.717, 1.165) is 24.9 Å². The molecule has 0 aliphatic heterocycles. The quantitative estimate of drug-likeness (QED) is 0.512. The molecule has 0 unspecified atom stereocenters. The Bertz CT molecular complexity index is 452. The van der Waals surface area contributed by atoms with E-state index in [1.54, 1.807) is 6.07 Å². The van der Waals surface area contributed by atoms with Gasteiger partial charge in [0.1, 0.15) is 5.69 Å².